The standard InChI is InChI=1S/C8H14N.2C7H14N2.6C2H6.CH4.3B.3Y/c1-5-6(2)8(4)9-7(5)3;1-5-6(2)9(4)7(3)8-5;1-5-6(2)8-9(4)7(5)3;6*1-2;;;;;;;/h7,9H,1-4H3;5,8H,1-4H3;6,8H,1-4H3;6*1-2H3;1H4;;;;;;/q-1;;;;;;;;;;;;;;;/p+3/i/hD3. The van der Waals surface area contributed by atoms with Crippen molar-refractivity contribution in [2.24, 2.45) is 0 Å². The molecule has 3 unspecified atom stereocenters. The van der Waals surface area contributed by atoms with Crippen LogP contribution in [0.15, 0.2) is 11.3 Å². The first-order valence-electron chi connectivity index (χ1n) is 16.0. The fourth-order valence-corrected chi connectivity index (χ4v) is 3.29. The summed E-state index contributed by atoms with van der Waals surface area (Å²) in [6.45, 7) is 45.5. The van der Waals surface area contributed by atoms with Gasteiger partial charge in [-0.15, -0.1) is 12.6 Å². The summed E-state index contributed by atoms with van der Waals surface area (Å²) in [5.41, 5.74) is 7.39. The van der Waals surface area contributed by atoms with Gasteiger partial charge in [-0.2, -0.15) is 23.1 Å². The van der Waals surface area contributed by atoms with Gasteiger partial charge in [0, 0.05) is 130 Å². The molecule has 0 aromatic heterocycles. The van der Waals surface area contributed by atoms with E-state index in [2.05, 4.69) is 102 Å². The number of hydrazine groups is 1. The quantitative estimate of drug-likeness (QED) is 0.129. The van der Waals surface area contributed by atoms with Crippen LogP contribution in [-0.4, -0.2) is 78.3 Å². The Morgan fingerprint density at radius 1 is 0.565 bits per heavy atom. The Morgan fingerprint density at radius 2 is 0.891 bits per heavy atom. The molecule has 3 atom stereocenters. The minimum Gasteiger partial charge on any atom is -0.473 e. The fraction of sp³-hybridized carbons (Fsp3) is 0.800. The van der Waals surface area contributed by atoms with Gasteiger partial charge in [0.15, 0.2) is 7.05 Å². The van der Waals surface area contributed by atoms with Crippen molar-refractivity contribution in [3.05, 3.63) is 29.1 Å². The van der Waals surface area contributed by atoms with Crippen molar-refractivity contribution < 1.29 is 112 Å². The van der Waals surface area contributed by atoms with Gasteiger partial charge in [0.05, 0.1) is 17.6 Å². The SMILES string of the molecule is C.CC.CC.CC.CC.CC.CC.CC1=C(C)[C-](C)C(C)N1.CC1=[N+](C)NC(C)[C-]1C.CC1=[N+](C)[C-](C)C(C)N1.[2H+].[2H+].[2H+].[B].[B].[B].[Y].[Y].[Y]. The van der Waals surface area contributed by atoms with Gasteiger partial charge in [-0.3, -0.25) is 5.92 Å². The molecule has 3 aliphatic heterocycles. The molecule has 0 aromatic carbocycles. The van der Waals surface area contributed by atoms with E-state index in [0.717, 1.165) is 0 Å². The minimum atomic E-state index is 0. The summed E-state index contributed by atoms with van der Waals surface area (Å²) in [6.07, 6.45) is 0. The third-order valence-electron chi connectivity index (χ3n) is 6.43. The van der Waals surface area contributed by atoms with Gasteiger partial charge in [-0.1, -0.05) is 125 Å². The first-order chi connectivity index (χ1) is 18.4. The van der Waals surface area contributed by atoms with Crippen LogP contribution in [0.4, 0.5) is 0 Å². The van der Waals surface area contributed by atoms with Crippen LogP contribution >= 0.6 is 0 Å². The number of allylic oxidation sites excluding steroid dienone is 1. The number of amidine groups is 1. The van der Waals surface area contributed by atoms with Gasteiger partial charge in [0.1, 0.15) is 0 Å². The Kier molecular flexibility index (Phi) is 110. The van der Waals surface area contributed by atoms with Crippen LogP contribution in [0.5, 0.6) is 0 Å². The van der Waals surface area contributed by atoms with Crippen LogP contribution in [0, 0.1) is 17.9 Å². The van der Waals surface area contributed by atoms with Crippen molar-refractivity contribution in [1.29, 1.82) is 0 Å². The molecule has 46 heavy (non-hydrogen) atoms. The van der Waals surface area contributed by atoms with Crippen LogP contribution in [0.2, 0.25) is 0 Å². The molecule has 5 nitrogen and oxygen atoms in total. The third-order valence-corrected chi connectivity index (χ3v) is 6.43. The molecule has 11 heteroatoms. The Balaban J connectivity index is -0.0000000189. The predicted octanol–water partition coefficient (Wildman–Crippen LogP) is 9.03. The average Bonchev–Trinajstić information content (AvgIpc) is 3.46. The summed E-state index contributed by atoms with van der Waals surface area (Å²) >= 11 is 0. The van der Waals surface area contributed by atoms with E-state index in [1.165, 1.54) is 40.7 Å². The second-order valence-electron chi connectivity index (χ2n) is 8.13. The molecular formula is C35H85B3N5Y3+2. The second kappa shape index (κ2) is 58.8. The van der Waals surface area contributed by atoms with E-state index in [4.69, 9.17) is 0 Å². The molecule has 0 fully saturated rings. The van der Waals surface area contributed by atoms with Crippen molar-refractivity contribution >= 4 is 36.8 Å². The summed E-state index contributed by atoms with van der Waals surface area (Å²) in [5.74, 6) is 4.17. The molecular weight excluding hydrogens is 790 g/mol. The molecule has 0 aliphatic carbocycles. The molecule has 0 aromatic rings. The normalized spacial score (nSPS) is 16.7. The monoisotopic (exact) mass is 878 g/mol. The molecule has 266 valence electrons. The van der Waals surface area contributed by atoms with Gasteiger partial charge in [0.2, 0.25) is 0 Å². The van der Waals surface area contributed by atoms with Gasteiger partial charge in [0.25, 0.3) is 0 Å². The smallest absolute Gasteiger partial charge is 0.473 e. The van der Waals surface area contributed by atoms with Gasteiger partial charge in [-0.25, -0.2) is 5.43 Å². The molecule has 0 saturated heterocycles. The van der Waals surface area contributed by atoms with E-state index in [-0.39, 0.29) is 135 Å². The van der Waals surface area contributed by atoms with Gasteiger partial charge in [-0.05, 0) is 38.9 Å². The number of hydrogen-bond donors (Lipinski definition) is 3. The zero-order valence-corrected chi connectivity index (χ0v) is 43.6. The summed E-state index contributed by atoms with van der Waals surface area (Å²) in [5, 5.41) is 6.68. The molecule has 3 heterocycles. The van der Waals surface area contributed by atoms with E-state index < -0.39 is 0 Å². The summed E-state index contributed by atoms with van der Waals surface area (Å²) in [6, 6.07) is 3.00. The maximum absolute atomic E-state index is 3.36. The largest absolute Gasteiger partial charge is 1.00 e. The molecule has 3 rings (SSSR count). The topological polar surface area (TPSA) is 42.1 Å². The second-order valence-corrected chi connectivity index (χ2v) is 8.13. The Bertz CT molecular complexity index is 582. The zero-order chi connectivity index (χ0) is 33.0. The predicted molar refractivity (Wildman–Crippen MR) is 212 cm³/mol. The number of nitrogens with one attached hydrogen (secondary N) is 3. The van der Waals surface area contributed by atoms with E-state index in [9.17, 15) is 0 Å². The minimum absolute atomic E-state index is 0. The maximum Gasteiger partial charge on any atom is 1.00 e. The molecule has 3 N–H and O–H groups in total. The molecule has 3 aliphatic rings. The number of hydrogen-bond acceptors (Lipinski definition) is 3. The van der Waals surface area contributed by atoms with E-state index in [0.29, 0.717) is 18.1 Å². The molecule has 0 bridgehead atoms. The zero-order valence-electron chi connectivity index (χ0n) is 38.1. The Labute approximate surface area is 381 Å². The van der Waals surface area contributed by atoms with Crippen molar-refractivity contribution in [3.8, 4) is 0 Å². The van der Waals surface area contributed by atoms with Crippen LogP contribution < -0.4 is 16.1 Å². The first-order valence-corrected chi connectivity index (χ1v) is 16.0. The number of hydrazone groups is 1. The average molecular weight is 878 g/mol. The maximum atomic E-state index is 3.36. The van der Waals surface area contributed by atoms with E-state index in [1.807, 2.05) is 90.1 Å². The van der Waals surface area contributed by atoms with Crippen LogP contribution in [-0.2, 0) is 98.1 Å². The molecule has 0 amide bonds. The molecule has 0 spiro atoms. The van der Waals surface area contributed by atoms with E-state index in [1.54, 1.807) is 0 Å². The fourth-order valence-electron chi connectivity index (χ4n) is 3.29. The van der Waals surface area contributed by atoms with Crippen molar-refractivity contribution in [2.75, 3.05) is 14.1 Å². The summed E-state index contributed by atoms with van der Waals surface area (Å²) in [4.78, 5) is 0. The first kappa shape index (κ1) is 86.3. The van der Waals surface area contributed by atoms with Crippen molar-refractivity contribution in [2.45, 2.75) is 178 Å². The third kappa shape index (κ3) is 36.9. The molecule has 12 radical (unpaired) electrons. The van der Waals surface area contributed by atoms with Crippen LogP contribution in [0.25, 0.3) is 0 Å². The Morgan fingerprint density at radius 3 is 0.957 bits per heavy atom. The van der Waals surface area contributed by atoms with Crippen molar-refractivity contribution in [1.82, 2.24) is 16.1 Å². The number of rotatable bonds is 0. The molecule has 0 saturated carbocycles. The van der Waals surface area contributed by atoms with E-state index >= 15 is 0 Å². The van der Waals surface area contributed by atoms with Gasteiger partial charge < -0.3 is 15.2 Å². The van der Waals surface area contributed by atoms with Crippen LogP contribution in [0.3, 0.4) is 0 Å². The van der Waals surface area contributed by atoms with Gasteiger partial charge >= 0.3 is 4.28 Å². The van der Waals surface area contributed by atoms with Crippen LogP contribution in [0.1, 0.15) is 164 Å². The number of likely N-dealkylation sites (N-methyl/N-ethyl adjacent to an activating group) is 1. The summed E-state index contributed by atoms with van der Waals surface area (Å²) in [7, 11) is 4.13. The number of nitrogens with zero attached hydrogens (tertiary/aromatic N) is 2. The summed E-state index contributed by atoms with van der Waals surface area (Å²) < 4.78 is 4.25. The van der Waals surface area contributed by atoms with Crippen molar-refractivity contribution in [3.63, 3.8) is 0 Å². The Hall–Kier alpha value is 1.60.